The van der Waals surface area contributed by atoms with E-state index >= 15 is 0 Å². The van der Waals surface area contributed by atoms with E-state index < -0.39 is 0 Å². The lowest BCUT2D eigenvalue weighted by Crippen LogP contribution is -2.37. The number of hydrogen-bond donors (Lipinski definition) is 0. The maximum absolute atomic E-state index is 13.6. The summed E-state index contributed by atoms with van der Waals surface area (Å²) in [6, 6.07) is 22.7. The summed E-state index contributed by atoms with van der Waals surface area (Å²) in [7, 11) is 1.56. The predicted molar refractivity (Wildman–Crippen MR) is 332 cm³/mol. The zero-order chi connectivity index (χ0) is 61.1. The van der Waals surface area contributed by atoms with Gasteiger partial charge in [-0.1, -0.05) is 41.9 Å². The van der Waals surface area contributed by atoms with E-state index in [0.717, 1.165) is 106 Å². The molecule has 0 atom stereocenters. The van der Waals surface area contributed by atoms with Gasteiger partial charge in [0.05, 0.1) is 164 Å². The monoisotopic (exact) mass is 1250 g/mol. The molecule has 0 bridgehead atoms. The molecule has 88 heavy (non-hydrogen) atoms. The first-order chi connectivity index (χ1) is 43.4. The highest BCUT2D eigenvalue weighted by Gasteiger charge is 2.30. The molecule has 2 saturated heterocycles. The van der Waals surface area contributed by atoms with E-state index in [4.69, 9.17) is 77.9 Å². The molecular weight excluding hydrogens is 1160 g/mol. The minimum atomic E-state index is -0.223. The number of likely N-dealkylation sites (tertiary alicyclic amines) is 1. The van der Waals surface area contributed by atoms with Crippen LogP contribution >= 0.6 is 11.6 Å². The number of benzene rings is 3. The fourth-order valence-corrected chi connectivity index (χ4v) is 10.9. The van der Waals surface area contributed by atoms with Gasteiger partial charge in [0.1, 0.15) is 35.6 Å². The molecule has 4 heterocycles. The first kappa shape index (κ1) is 68.8. The van der Waals surface area contributed by atoms with Gasteiger partial charge in [0.2, 0.25) is 0 Å². The van der Waals surface area contributed by atoms with Crippen LogP contribution in [0.15, 0.2) is 79.0 Å². The van der Waals surface area contributed by atoms with Crippen LogP contribution in [0.5, 0.6) is 17.2 Å². The molecule has 0 N–H and O–H groups in total. The van der Waals surface area contributed by atoms with Gasteiger partial charge in [-0.15, -0.1) is 10.2 Å². The first-order valence-corrected chi connectivity index (χ1v) is 32.0. The number of rotatable bonds is 48. The number of nitrogens with zero attached hydrogens (tertiary/aromatic N) is 5. The Morgan fingerprint density at radius 2 is 1.03 bits per heavy atom. The molecule has 3 aromatic carbocycles. The number of carbonyl (C=O) groups excluding carboxylic acids is 1. The number of anilines is 1. The summed E-state index contributed by atoms with van der Waals surface area (Å²) in [5.74, 6) is 3.83. The Hall–Kier alpha value is -5.11. The average molecular weight is 1250 g/mol. The fraction of sp³-hybridized carbons (Fsp3) is 0.621. The highest BCUT2D eigenvalue weighted by Crippen LogP contribution is 2.38. The lowest BCUT2D eigenvalue weighted by molar-refractivity contribution is -0.0279. The Kier molecular flexibility index (Phi) is 31.7. The van der Waals surface area contributed by atoms with Crippen LogP contribution in [0.2, 0.25) is 5.02 Å². The van der Waals surface area contributed by atoms with Crippen molar-refractivity contribution in [2.75, 3.05) is 203 Å². The van der Waals surface area contributed by atoms with Crippen LogP contribution in [0.25, 0.3) is 5.65 Å². The predicted octanol–water partition coefficient (Wildman–Crippen LogP) is 8.64. The number of methoxy groups -OCH3 is 1. The van der Waals surface area contributed by atoms with Crippen molar-refractivity contribution < 1.29 is 75.5 Å². The molecule has 2 aromatic heterocycles. The van der Waals surface area contributed by atoms with Crippen molar-refractivity contribution in [3.63, 3.8) is 0 Å². The quantitative estimate of drug-likeness (QED) is 0.0266. The molecule has 2 aliphatic heterocycles. The lowest BCUT2D eigenvalue weighted by atomic mass is 9.88. The Morgan fingerprint density at radius 3 is 1.52 bits per heavy atom. The van der Waals surface area contributed by atoms with Gasteiger partial charge in [-0.3, -0.25) is 9.20 Å². The molecule has 486 valence electrons. The minimum absolute atomic E-state index is 0.0766. The minimum Gasteiger partial charge on any atom is -0.492 e. The highest BCUT2D eigenvalue weighted by atomic mass is 35.5. The van der Waals surface area contributed by atoms with Crippen molar-refractivity contribution in [3.05, 3.63) is 112 Å². The van der Waals surface area contributed by atoms with Crippen molar-refractivity contribution in [1.29, 1.82) is 0 Å². The molecule has 0 radical (unpaired) electrons. The van der Waals surface area contributed by atoms with Crippen LogP contribution in [-0.2, 0) is 64.9 Å². The topological polar surface area (TPSA) is 183 Å². The smallest absolute Gasteiger partial charge is 0.181 e. The van der Waals surface area contributed by atoms with E-state index in [1.54, 1.807) is 19.2 Å². The number of para-hydroxylation sites is 1. The second kappa shape index (κ2) is 40.6. The van der Waals surface area contributed by atoms with Crippen molar-refractivity contribution in [1.82, 2.24) is 19.5 Å². The summed E-state index contributed by atoms with van der Waals surface area (Å²) >= 11 is 6.87. The summed E-state index contributed by atoms with van der Waals surface area (Å²) in [6.07, 6.45) is 10.1. The molecule has 8 rings (SSSR count). The standard InChI is InChI=1S/C66H93ClFN5O15/c1-75-65-59(64(74)56-16-22-71(23-17-56)21-15-52-7-11-57(68)12-8-52)3-2-4-61(65)88-50-48-86-46-44-84-42-40-82-38-36-80-34-32-78-30-28-76-27-29-77-31-33-79-35-37-81-39-41-83-43-45-85-47-49-87-58-13-9-54(10-14-58)55-18-24-72(25-19-55)60-20-26-73-62(51-53-5-6-53)69-70-66(73)63(60)67/h2-4,7-14,20,26,53,55-56H,5-6,15-19,21-25,27-51H2,1H3. The summed E-state index contributed by atoms with van der Waals surface area (Å²) < 4.78 is 94.4. The molecule has 20 nitrogen and oxygen atoms in total. The van der Waals surface area contributed by atoms with Crippen molar-refractivity contribution >= 4 is 28.7 Å². The second-order valence-electron chi connectivity index (χ2n) is 21.9. The Labute approximate surface area is 523 Å². The van der Waals surface area contributed by atoms with Gasteiger partial charge in [0.15, 0.2) is 22.9 Å². The molecular formula is C66H93ClFN5O15. The van der Waals surface area contributed by atoms with Crippen molar-refractivity contribution in [2.24, 2.45) is 11.8 Å². The van der Waals surface area contributed by atoms with Gasteiger partial charge in [0.25, 0.3) is 0 Å². The van der Waals surface area contributed by atoms with Gasteiger partial charge in [-0.05, 0) is 123 Å². The van der Waals surface area contributed by atoms with Gasteiger partial charge < -0.3 is 76.1 Å². The number of hydrogen-bond acceptors (Lipinski definition) is 19. The number of fused-ring (bicyclic) bond motifs is 1. The van der Waals surface area contributed by atoms with Crippen molar-refractivity contribution in [2.45, 2.75) is 57.3 Å². The molecule has 3 fully saturated rings. The Bertz CT molecular complexity index is 2690. The summed E-state index contributed by atoms with van der Waals surface area (Å²) in [5.41, 5.74) is 4.78. The third-order valence-electron chi connectivity index (χ3n) is 15.7. The maximum Gasteiger partial charge on any atom is 0.181 e. The molecule has 0 unspecified atom stereocenters. The number of halogens is 2. The number of pyridine rings is 1. The van der Waals surface area contributed by atoms with E-state index in [0.29, 0.717) is 187 Å². The number of ether oxygens (including phenoxy) is 14. The van der Waals surface area contributed by atoms with E-state index in [9.17, 15) is 9.18 Å². The number of ketones is 1. The number of aromatic nitrogens is 3. The van der Waals surface area contributed by atoms with Gasteiger partial charge in [-0.2, -0.15) is 0 Å². The van der Waals surface area contributed by atoms with Gasteiger partial charge >= 0.3 is 0 Å². The second-order valence-corrected chi connectivity index (χ2v) is 22.3. The molecule has 0 spiro atoms. The third-order valence-corrected chi connectivity index (χ3v) is 16.0. The van der Waals surface area contributed by atoms with E-state index in [1.807, 2.05) is 18.2 Å². The number of piperidine rings is 2. The van der Waals surface area contributed by atoms with E-state index in [-0.39, 0.29) is 17.5 Å². The molecule has 0 amide bonds. The molecule has 1 saturated carbocycles. The van der Waals surface area contributed by atoms with Crippen molar-refractivity contribution in [3.8, 4) is 17.2 Å². The van der Waals surface area contributed by atoms with Crippen LogP contribution in [-0.4, -0.2) is 224 Å². The molecule has 22 heteroatoms. The van der Waals surface area contributed by atoms with Crippen LogP contribution in [0.1, 0.15) is 71.8 Å². The fourth-order valence-electron chi connectivity index (χ4n) is 10.6. The largest absolute Gasteiger partial charge is 0.492 e. The highest BCUT2D eigenvalue weighted by molar-refractivity contribution is 6.36. The zero-order valence-corrected chi connectivity index (χ0v) is 52.3. The SMILES string of the molecule is COc1c(OCCOCCOCCOCCOCCOCCOCCOCCOCCOCCOCCOCCOc2ccc(C3CCN(c4ccn5c(CC6CC6)nnc5c4Cl)CC3)cc2)cccc1C(=O)C1CCN(CCc2ccc(F)cc2)CC1. The summed E-state index contributed by atoms with van der Waals surface area (Å²) in [5, 5.41) is 9.55. The average Bonchev–Trinajstić information content (AvgIpc) is 2.56. The van der Waals surface area contributed by atoms with Gasteiger partial charge in [-0.25, -0.2) is 4.39 Å². The lowest BCUT2D eigenvalue weighted by Gasteiger charge is -2.34. The van der Waals surface area contributed by atoms with Crippen LogP contribution in [0, 0.1) is 17.7 Å². The van der Waals surface area contributed by atoms with E-state index in [1.165, 1.54) is 30.5 Å². The summed E-state index contributed by atoms with van der Waals surface area (Å²) in [6.45, 7) is 15.5. The normalized spacial score (nSPS) is 15.2. The maximum atomic E-state index is 13.6. The molecule has 1 aliphatic carbocycles. The number of carbonyl (C=O) groups is 1. The van der Waals surface area contributed by atoms with Crippen LogP contribution in [0.3, 0.4) is 0 Å². The number of Topliss-reactive ketones (excluding diaryl/α,β-unsaturated/α-hetero) is 1. The molecule has 5 aromatic rings. The summed E-state index contributed by atoms with van der Waals surface area (Å²) in [4.78, 5) is 18.3. The third kappa shape index (κ3) is 24.6. The first-order valence-electron chi connectivity index (χ1n) is 31.6. The Morgan fingerprint density at radius 1 is 0.545 bits per heavy atom. The van der Waals surface area contributed by atoms with Crippen LogP contribution in [0.4, 0.5) is 10.1 Å². The Balaban J connectivity index is 0.496. The molecule has 3 aliphatic rings. The van der Waals surface area contributed by atoms with E-state index in [2.05, 4.69) is 60.9 Å². The zero-order valence-electron chi connectivity index (χ0n) is 51.5. The van der Waals surface area contributed by atoms with Crippen LogP contribution < -0.4 is 19.1 Å². The van der Waals surface area contributed by atoms with Gasteiger partial charge in [0, 0.05) is 38.2 Å².